The fourth-order valence-corrected chi connectivity index (χ4v) is 1.52. The third kappa shape index (κ3) is 4.53. The highest BCUT2D eigenvalue weighted by Crippen LogP contribution is 2.26. The van der Waals surface area contributed by atoms with Gasteiger partial charge in [-0.05, 0) is 12.8 Å². The van der Waals surface area contributed by atoms with Gasteiger partial charge in [0.1, 0.15) is 0 Å². The van der Waals surface area contributed by atoms with E-state index in [-0.39, 0.29) is 5.91 Å². The van der Waals surface area contributed by atoms with Crippen molar-refractivity contribution < 1.29 is 4.79 Å². The highest BCUT2D eigenvalue weighted by atomic mass is 32.1. The molecule has 0 bridgehead atoms. The van der Waals surface area contributed by atoms with Gasteiger partial charge < -0.3 is 11.5 Å². The van der Waals surface area contributed by atoms with Gasteiger partial charge in [0.05, 0.1) is 4.99 Å². The number of carbonyl (C=O) groups is 1. The van der Waals surface area contributed by atoms with Crippen LogP contribution in [0.15, 0.2) is 0 Å². The van der Waals surface area contributed by atoms with Crippen LogP contribution >= 0.6 is 12.2 Å². The predicted molar refractivity (Wildman–Crippen MR) is 59.8 cm³/mol. The maximum atomic E-state index is 10.6. The second-order valence-corrected chi connectivity index (χ2v) is 4.22. The van der Waals surface area contributed by atoms with Crippen LogP contribution in [-0.4, -0.2) is 34.9 Å². The van der Waals surface area contributed by atoms with Crippen molar-refractivity contribution in [2.75, 3.05) is 13.1 Å². The van der Waals surface area contributed by atoms with E-state index in [0.29, 0.717) is 17.5 Å². The van der Waals surface area contributed by atoms with Gasteiger partial charge in [-0.2, -0.15) is 0 Å². The fraction of sp³-hybridized carbons (Fsp3) is 0.778. The Balaban J connectivity index is 2.24. The molecule has 1 saturated carbocycles. The minimum absolute atomic E-state index is 0.244. The van der Waals surface area contributed by atoms with Gasteiger partial charge in [-0.15, -0.1) is 0 Å². The molecule has 0 aromatic carbocycles. The third-order valence-electron chi connectivity index (χ3n) is 2.35. The van der Waals surface area contributed by atoms with Crippen LogP contribution in [0.1, 0.15) is 25.7 Å². The molecule has 0 atom stereocenters. The maximum absolute atomic E-state index is 10.6. The lowest BCUT2D eigenvalue weighted by Crippen LogP contribution is -2.32. The van der Waals surface area contributed by atoms with Gasteiger partial charge >= 0.3 is 0 Å². The average molecular weight is 215 g/mol. The Morgan fingerprint density at radius 2 is 1.86 bits per heavy atom. The van der Waals surface area contributed by atoms with Crippen LogP contribution in [0.3, 0.4) is 0 Å². The van der Waals surface area contributed by atoms with Crippen molar-refractivity contribution in [3.05, 3.63) is 0 Å². The van der Waals surface area contributed by atoms with Crippen molar-refractivity contribution in [1.29, 1.82) is 0 Å². The second-order valence-electron chi connectivity index (χ2n) is 3.70. The lowest BCUT2D eigenvalue weighted by atomic mass is 10.3. The topological polar surface area (TPSA) is 72.4 Å². The fourth-order valence-electron chi connectivity index (χ4n) is 1.42. The van der Waals surface area contributed by atoms with E-state index in [1.165, 1.54) is 12.8 Å². The minimum atomic E-state index is -0.244. The quantitative estimate of drug-likeness (QED) is 0.586. The van der Waals surface area contributed by atoms with Gasteiger partial charge in [0.25, 0.3) is 0 Å². The number of primary amides is 1. The minimum Gasteiger partial charge on any atom is -0.393 e. The first kappa shape index (κ1) is 11.4. The van der Waals surface area contributed by atoms with E-state index < -0.39 is 0 Å². The van der Waals surface area contributed by atoms with E-state index in [9.17, 15) is 4.79 Å². The number of amides is 1. The molecule has 0 aromatic rings. The van der Waals surface area contributed by atoms with Crippen LogP contribution < -0.4 is 11.5 Å². The van der Waals surface area contributed by atoms with Crippen molar-refractivity contribution in [2.45, 2.75) is 31.7 Å². The van der Waals surface area contributed by atoms with E-state index in [4.69, 9.17) is 23.7 Å². The normalized spacial score (nSPS) is 15.8. The van der Waals surface area contributed by atoms with Crippen molar-refractivity contribution in [2.24, 2.45) is 11.5 Å². The van der Waals surface area contributed by atoms with Gasteiger partial charge in [-0.1, -0.05) is 12.2 Å². The highest BCUT2D eigenvalue weighted by Gasteiger charge is 2.28. The molecule has 1 fully saturated rings. The number of hydrogen-bond donors (Lipinski definition) is 2. The molecule has 4 nitrogen and oxygen atoms in total. The summed E-state index contributed by atoms with van der Waals surface area (Å²) in [7, 11) is 0. The van der Waals surface area contributed by atoms with E-state index in [0.717, 1.165) is 19.5 Å². The van der Waals surface area contributed by atoms with Crippen molar-refractivity contribution in [3.63, 3.8) is 0 Å². The van der Waals surface area contributed by atoms with Crippen LogP contribution in [0.5, 0.6) is 0 Å². The molecule has 0 heterocycles. The lowest BCUT2D eigenvalue weighted by Gasteiger charge is -2.20. The van der Waals surface area contributed by atoms with Crippen LogP contribution in [0, 0.1) is 0 Å². The lowest BCUT2D eigenvalue weighted by molar-refractivity contribution is -0.118. The zero-order chi connectivity index (χ0) is 10.6. The molecule has 0 unspecified atom stereocenters. The summed E-state index contributed by atoms with van der Waals surface area (Å²) in [4.78, 5) is 13.4. The number of hydrogen-bond acceptors (Lipinski definition) is 3. The third-order valence-corrected chi connectivity index (χ3v) is 2.56. The van der Waals surface area contributed by atoms with Crippen molar-refractivity contribution in [1.82, 2.24) is 4.90 Å². The summed E-state index contributed by atoms with van der Waals surface area (Å²) in [5.41, 5.74) is 10.5. The zero-order valence-corrected chi connectivity index (χ0v) is 9.05. The molecule has 0 aliphatic heterocycles. The summed E-state index contributed by atoms with van der Waals surface area (Å²) in [5.74, 6) is -0.244. The van der Waals surface area contributed by atoms with E-state index in [1.54, 1.807) is 0 Å². The van der Waals surface area contributed by atoms with Crippen LogP contribution in [-0.2, 0) is 4.79 Å². The molecular weight excluding hydrogens is 198 g/mol. The Labute approximate surface area is 89.6 Å². The summed E-state index contributed by atoms with van der Waals surface area (Å²) in [5, 5.41) is 0. The molecule has 80 valence electrons. The molecule has 1 aliphatic rings. The smallest absolute Gasteiger partial charge is 0.218 e. The molecule has 0 spiro atoms. The van der Waals surface area contributed by atoms with Gasteiger partial charge in [0.15, 0.2) is 0 Å². The molecular formula is C9H17N3OS. The average Bonchev–Trinajstić information content (AvgIpc) is 2.86. The monoisotopic (exact) mass is 215 g/mol. The number of nitrogens with two attached hydrogens (primary N) is 2. The Bertz CT molecular complexity index is 210. The Morgan fingerprint density at radius 3 is 2.29 bits per heavy atom. The van der Waals surface area contributed by atoms with E-state index >= 15 is 0 Å². The predicted octanol–water partition coefficient (Wildman–Crippen LogP) is 0.00240. The van der Waals surface area contributed by atoms with Crippen LogP contribution in [0.2, 0.25) is 0 Å². The largest absolute Gasteiger partial charge is 0.393 e. The van der Waals surface area contributed by atoms with Gasteiger partial charge in [-0.3, -0.25) is 9.69 Å². The molecule has 0 saturated heterocycles. The summed E-state index contributed by atoms with van der Waals surface area (Å²) in [6.07, 6.45) is 3.59. The van der Waals surface area contributed by atoms with Crippen LogP contribution in [0.25, 0.3) is 0 Å². The molecule has 0 aromatic heterocycles. The summed E-state index contributed by atoms with van der Waals surface area (Å²) in [6.45, 7) is 1.59. The molecule has 1 amide bonds. The van der Waals surface area contributed by atoms with Gasteiger partial charge in [0, 0.05) is 32.0 Å². The zero-order valence-electron chi connectivity index (χ0n) is 8.24. The Hall–Kier alpha value is -0.680. The van der Waals surface area contributed by atoms with Crippen molar-refractivity contribution in [3.8, 4) is 0 Å². The molecule has 1 rings (SSSR count). The standard InChI is InChI=1S/C9H17N3OS/c10-8(13)3-5-12(7-1-2-7)6-4-9(11)14/h7H,1-6H2,(H2,10,13)(H2,11,14). The van der Waals surface area contributed by atoms with Gasteiger partial charge in [-0.25, -0.2) is 0 Å². The highest BCUT2D eigenvalue weighted by molar-refractivity contribution is 7.80. The second kappa shape index (κ2) is 5.26. The molecule has 1 aliphatic carbocycles. The van der Waals surface area contributed by atoms with Gasteiger partial charge in [0.2, 0.25) is 5.91 Å². The van der Waals surface area contributed by atoms with Crippen molar-refractivity contribution >= 4 is 23.1 Å². The molecule has 0 radical (unpaired) electrons. The summed E-state index contributed by atoms with van der Waals surface area (Å²) < 4.78 is 0. The number of thiocarbonyl (C=S) groups is 1. The first-order chi connectivity index (χ1) is 6.59. The summed E-state index contributed by atoms with van der Waals surface area (Å²) >= 11 is 4.82. The maximum Gasteiger partial charge on any atom is 0.218 e. The number of carbonyl (C=O) groups excluding carboxylic acids is 1. The number of rotatable bonds is 7. The first-order valence-corrected chi connectivity index (χ1v) is 5.31. The van der Waals surface area contributed by atoms with Crippen LogP contribution in [0.4, 0.5) is 0 Å². The SMILES string of the molecule is NC(=O)CCN(CCC(N)=S)C1CC1. The Morgan fingerprint density at radius 1 is 1.29 bits per heavy atom. The number of nitrogens with zero attached hydrogens (tertiary/aromatic N) is 1. The Kier molecular flexibility index (Phi) is 4.28. The summed E-state index contributed by atoms with van der Waals surface area (Å²) in [6, 6.07) is 0.628. The molecule has 4 N–H and O–H groups in total. The molecule has 5 heteroatoms. The first-order valence-electron chi connectivity index (χ1n) is 4.90. The van der Waals surface area contributed by atoms with E-state index in [1.807, 2.05) is 0 Å². The molecule has 14 heavy (non-hydrogen) atoms. The van der Waals surface area contributed by atoms with E-state index in [2.05, 4.69) is 4.90 Å².